The van der Waals surface area contributed by atoms with Crippen molar-refractivity contribution in [3.05, 3.63) is 58.3 Å². The first kappa shape index (κ1) is 15.9. The van der Waals surface area contributed by atoms with Crippen molar-refractivity contribution in [2.45, 2.75) is 6.42 Å². The monoisotopic (exact) mass is 319 g/mol. The second kappa shape index (κ2) is 6.24. The van der Waals surface area contributed by atoms with Crippen molar-refractivity contribution in [2.75, 3.05) is 7.11 Å². The van der Waals surface area contributed by atoms with E-state index in [1.807, 2.05) is 0 Å². The number of hydrogen-bond acceptors (Lipinski definition) is 3. The minimum Gasteiger partial charge on any atom is -0.497 e. The Labute approximate surface area is 139 Å². The normalized spacial score (nSPS) is 10.7. The topological polar surface area (TPSA) is 79.4 Å². The minimum atomic E-state index is -1.08. The largest absolute Gasteiger partial charge is 0.497 e. The molecule has 6 heteroatoms. The lowest BCUT2D eigenvalue weighted by Crippen LogP contribution is -2.18. The smallest absolute Gasteiger partial charge is 0.308 e. The van der Waals surface area contributed by atoms with Gasteiger partial charge in [-0.25, -0.2) is 0 Å². The molecule has 0 unspecified atom stereocenters. The van der Waals surface area contributed by atoms with Crippen LogP contribution in [-0.4, -0.2) is 31.0 Å². The van der Waals surface area contributed by atoms with Crippen LogP contribution < -0.4 is 15.6 Å². The third kappa shape index (κ3) is 2.90. The molecule has 0 bridgehead atoms. The van der Waals surface area contributed by atoms with Gasteiger partial charge >= 0.3 is 5.97 Å². The molecule has 24 heavy (non-hydrogen) atoms. The minimum absolute atomic E-state index is 0.189. The molecule has 0 amide bonds. The average Bonchev–Trinajstić information content (AvgIpc) is 2.57. The molecule has 0 spiro atoms. The summed E-state index contributed by atoms with van der Waals surface area (Å²) in [5.41, 5.74) is 2.05. The van der Waals surface area contributed by atoms with Crippen LogP contribution in [0.4, 0.5) is 0 Å². The Kier molecular flexibility index (Phi) is 4.12. The van der Waals surface area contributed by atoms with Crippen molar-refractivity contribution in [1.82, 2.24) is 4.98 Å². The molecule has 1 heterocycles. The maximum atomic E-state index is 12.8. The molecule has 3 aromatic rings. The van der Waals surface area contributed by atoms with Gasteiger partial charge in [-0.1, -0.05) is 29.7 Å². The van der Waals surface area contributed by atoms with E-state index in [2.05, 4.69) is 4.98 Å². The summed E-state index contributed by atoms with van der Waals surface area (Å²) in [5, 5.41) is 9.56. The first-order chi connectivity index (χ1) is 11.5. The number of nitrogens with one attached hydrogen (secondary N) is 1. The Bertz CT molecular complexity index is 994. The van der Waals surface area contributed by atoms with E-state index in [-0.39, 0.29) is 17.4 Å². The molecular formula is C18H14BNO4. The van der Waals surface area contributed by atoms with Gasteiger partial charge in [-0.3, -0.25) is 9.59 Å². The highest BCUT2D eigenvalue weighted by Gasteiger charge is 2.16. The molecule has 0 aliphatic heterocycles. The molecular weight excluding hydrogens is 305 g/mol. The highest BCUT2D eigenvalue weighted by Crippen LogP contribution is 2.26. The van der Waals surface area contributed by atoms with E-state index in [1.165, 1.54) is 0 Å². The van der Waals surface area contributed by atoms with Crippen LogP contribution in [0.25, 0.3) is 22.2 Å². The van der Waals surface area contributed by atoms with E-state index in [0.717, 1.165) is 0 Å². The maximum absolute atomic E-state index is 12.8. The van der Waals surface area contributed by atoms with Gasteiger partial charge < -0.3 is 14.8 Å². The summed E-state index contributed by atoms with van der Waals surface area (Å²) in [5.74, 6) is -0.458. The Morgan fingerprint density at radius 3 is 2.75 bits per heavy atom. The number of ether oxygens (including phenoxy) is 1. The zero-order valence-corrected chi connectivity index (χ0v) is 13.0. The Morgan fingerprint density at radius 1 is 1.25 bits per heavy atom. The average molecular weight is 319 g/mol. The van der Waals surface area contributed by atoms with Gasteiger partial charge in [0, 0.05) is 22.0 Å². The maximum Gasteiger partial charge on any atom is 0.308 e. The van der Waals surface area contributed by atoms with Crippen molar-refractivity contribution < 1.29 is 14.6 Å². The Hall–Kier alpha value is -3.02. The number of fused-ring (bicyclic) bond motifs is 1. The molecule has 5 nitrogen and oxygen atoms in total. The highest BCUT2D eigenvalue weighted by molar-refractivity contribution is 6.33. The van der Waals surface area contributed by atoms with Gasteiger partial charge in [-0.15, -0.1) is 0 Å². The van der Waals surface area contributed by atoms with Gasteiger partial charge in [-0.05, 0) is 18.2 Å². The SMILES string of the molecule is [B]c1ccc2[nH]c(-c3cccc(OC)c3)c(CC(=O)O)c(=O)c2c1. The van der Waals surface area contributed by atoms with Crippen LogP contribution in [0.2, 0.25) is 0 Å². The molecule has 2 aromatic carbocycles. The molecule has 2 radical (unpaired) electrons. The third-order valence-corrected chi connectivity index (χ3v) is 3.81. The van der Waals surface area contributed by atoms with Gasteiger partial charge in [0.05, 0.1) is 19.2 Å². The van der Waals surface area contributed by atoms with Crippen molar-refractivity contribution in [2.24, 2.45) is 0 Å². The fourth-order valence-electron chi connectivity index (χ4n) is 2.69. The molecule has 0 aliphatic rings. The number of carboxylic acid groups (broad SMARTS) is 1. The van der Waals surface area contributed by atoms with Crippen molar-refractivity contribution in [3.63, 3.8) is 0 Å². The number of pyridine rings is 1. The summed E-state index contributed by atoms with van der Waals surface area (Å²) < 4.78 is 5.21. The van der Waals surface area contributed by atoms with Gasteiger partial charge in [0.1, 0.15) is 13.6 Å². The number of aliphatic carboxylic acids is 1. The second-order valence-electron chi connectivity index (χ2n) is 5.42. The Morgan fingerprint density at radius 2 is 2.04 bits per heavy atom. The van der Waals surface area contributed by atoms with Gasteiger partial charge in [0.25, 0.3) is 0 Å². The first-order valence-corrected chi connectivity index (χ1v) is 7.30. The van der Waals surface area contributed by atoms with E-state index < -0.39 is 5.97 Å². The van der Waals surface area contributed by atoms with Crippen molar-refractivity contribution in [1.29, 1.82) is 0 Å². The number of carbonyl (C=O) groups is 1. The van der Waals surface area contributed by atoms with E-state index in [1.54, 1.807) is 49.6 Å². The van der Waals surface area contributed by atoms with Crippen LogP contribution in [0.1, 0.15) is 5.56 Å². The molecule has 3 rings (SSSR count). The summed E-state index contributed by atoms with van der Waals surface area (Å²) >= 11 is 0. The molecule has 0 saturated heterocycles. The number of aromatic amines is 1. The lowest BCUT2D eigenvalue weighted by molar-refractivity contribution is -0.136. The van der Waals surface area contributed by atoms with Crippen LogP contribution in [0.3, 0.4) is 0 Å². The summed E-state index contributed by atoms with van der Waals surface area (Å²) in [6.07, 6.45) is -0.382. The number of carboxylic acids is 1. The van der Waals surface area contributed by atoms with Gasteiger partial charge in [0.15, 0.2) is 5.43 Å². The summed E-state index contributed by atoms with van der Waals surface area (Å²) in [6.45, 7) is 0. The quantitative estimate of drug-likeness (QED) is 0.716. The predicted octanol–water partition coefficient (Wildman–Crippen LogP) is 1.62. The molecule has 118 valence electrons. The number of hydrogen-bond donors (Lipinski definition) is 2. The van der Waals surface area contributed by atoms with E-state index >= 15 is 0 Å². The number of rotatable bonds is 4. The van der Waals surface area contributed by atoms with Crippen LogP contribution in [0.5, 0.6) is 5.75 Å². The van der Waals surface area contributed by atoms with Crippen molar-refractivity contribution >= 4 is 30.2 Å². The third-order valence-electron chi connectivity index (χ3n) is 3.81. The molecule has 1 aromatic heterocycles. The van der Waals surface area contributed by atoms with Crippen LogP contribution in [0.15, 0.2) is 47.3 Å². The number of aromatic nitrogens is 1. The lowest BCUT2D eigenvalue weighted by Gasteiger charge is -2.12. The molecule has 0 fully saturated rings. The van der Waals surface area contributed by atoms with Gasteiger partial charge in [-0.2, -0.15) is 0 Å². The first-order valence-electron chi connectivity index (χ1n) is 7.30. The molecule has 2 N–H and O–H groups in total. The number of H-pyrrole nitrogens is 1. The van der Waals surface area contributed by atoms with Crippen LogP contribution >= 0.6 is 0 Å². The van der Waals surface area contributed by atoms with Gasteiger partial charge in [0.2, 0.25) is 0 Å². The molecule has 0 saturated carbocycles. The standard InChI is InChI=1S/C18H14BNO4/c1-24-12-4-2-3-10(7-12)17-14(9-16(21)22)18(23)13-8-11(19)5-6-15(13)20-17/h2-8H,9H2,1H3,(H,20,23)(H,21,22). The number of benzene rings is 2. The van der Waals surface area contributed by atoms with E-state index in [9.17, 15) is 14.7 Å². The highest BCUT2D eigenvalue weighted by atomic mass is 16.5. The Balaban J connectivity index is 2.34. The molecule has 0 aliphatic carbocycles. The summed E-state index contributed by atoms with van der Waals surface area (Å²) in [7, 11) is 7.29. The number of methoxy groups -OCH3 is 1. The van der Waals surface area contributed by atoms with Crippen molar-refractivity contribution in [3.8, 4) is 17.0 Å². The fraction of sp³-hybridized carbons (Fsp3) is 0.111. The second-order valence-corrected chi connectivity index (χ2v) is 5.42. The summed E-state index contributed by atoms with van der Waals surface area (Å²) in [4.78, 5) is 27.2. The lowest BCUT2D eigenvalue weighted by atomic mass is 9.93. The van der Waals surface area contributed by atoms with Crippen LogP contribution in [0, 0.1) is 0 Å². The zero-order chi connectivity index (χ0) is 17.3. The zero-order valence-electron chi connectivity index (χ0n) is 13.0. The van der Waals surface area contributed by atoms with Crippen LogP contribution in [-0.2, 0) is 11.2 Å². The molecule has 0 atom stereocenters. The fourth-order valence-corrected chi connectivity index (χ4v) is 2.69. The predicted molar refractivity (Wildman–Crippen MR) is 93.3 cm³/mol. The van der Waals surface area contributed by atoms with E-state index in [0.29, 0.717) is 33.4 Å². The summed E-state index contributed by atoms with van der Waals surface area (Å²) in [6, 6.07) is 12.0. The van der Waals surface area contributed by atoms with E-state index in [4.69, 9.17) is 12.6 Å².